The highest BCUT2D eigenvalue weighted by atomic mass is 16.5. The summed E-state index contributed by atoms with van der Waals surface area (Å²) in [5.41, 5.74) is 3.70. The average molecular weight is 255 g/mol. The van der Waals surface area contributed by atoms with Gasteiger partial charge in [0.25, 0.3) is 0 Å². The van der Waals surface area contributed by atoms with E-state index >= 15 is 0 Å². The first-order valence-corrected chi connectivity index (χ1v) is 6.46. The number of nitrogens with zero attached hydrogens (tertiary/aromatic N) is 3. The molecule has 0 aliphatic carbocycles. The number of rotatable bonds is 2. The van der Waals surface area contributed by atoms with Gasteiger partial charge in [-0.3, -0.25) is 0 Å². The SMILES string of the molecule is COc1ccc2c(c1)CCN(c1nccc(C)n1)C2. The van der Waals surface area contributed by atoms with Crippen LogP contribution in [0.3, 0.4) is 0 Å². The van der Waals surface area contributed by atoms with Crippen molar-refractivity contribution in [3.8, 4) is 5.75 Å². The summed E-state index contributed by atoms with van der Waals surface area (Å²) in [4.78, 5) is 11.1. The zero-order valence-corrected chi connectivity index (χ0v) is 11.3. The zero-order valence-electron chi connectivity index (χ0n) is 11.3. The first-order valence-electron chi connectivity index (χ1n) is 6.46. The van der Waals surface area contributed by atoms with E-state index in [1.807, 2.05) is 25.3 Å². The molecule has 0 amide bonds. The lowest BCUT2D eigenvalue weighted by Gasteiger charge is -2.29. The molecule has 3 rings (SSSR count). The summed E-state index contributed by atoms with van der Waals surface area (Å²) < 4.78 is 5.27. The van der Waals surface area contributed by atoms with Gasteiger partial charge >= 0.3 is 0 Å². The van der Waals surface area contributed by atoms with Gasteiger partial charge in [-0.25, -0.2) is 9.97 Å². The number of hydrogen-bond acceptors (Lipinski definition) is 4. The molecule has 0 atom stereocenters. The van der Waals surface area contributed by atoms with Crippen LogP contribution >= 0.6 is 0 Å². The second-order valence-corrected chi connectivity index (χ2v) is 4.80. The summed E-state index contributed by atoms with van der Waals surface area (Å²) in [6, 6.07) is 8.20. The number of fused-ring (bicyclic) bond motifs is 1. The largest absolute Gasteiger partial charge is 0.497 e. The minimum absolute atomic E-state index is 0.821. The Bertz CT molecular complexity index is 598. The number of anilines is 1. The van der Waals surface area contributed by atoms with Gasteiger partial charge in [-0.2, -0.15) is 0 Å². The first kappa shape index (κ1) is 12.0. The number of benzene rings is 1. The number of ether oxygens (including phenoxy) is 1. The quantitative estimate of drug-likeness (QED) is 0.825. The van der Waals surface area contributed by atoms with E-state index in [4.69, 9.17) is 4.74 Å². The van der Waals surface area contributed by atoms with Crippen molar-refractivity contribution in [2.75, 3.05) is 18.6 Å². The van der Waals surface area contributed by atoms with Crippen LogP contribution in [0.5, 0.6) is 5.75 Å². The predicted octanol–water partition coefficient (Wildman–Crippen LogP) is 2.36. The Morgan fingerprint density at radius 1 is 1.21 bits per heavy atom. The third-order valence-electron chi connectivity index (χ3n) is 3.49. The van der Waals surface area contributed by atoms with E-state index in [0.717, 1.165) is 36.9 Å². The zero-order chi connectivity index (χ0) is 13.2. The number of aryl methyl sites for hydroxylation is 1. The molecule has 0 fully saturated rings. The molecule has 0 bridgehead atoms. The van der Waals surface area contributed by atoms with Gasteiger partial charge in [0.15, 0.2) is 0 Å². The molecule has 4 heteroatoms. The van der Waals surface area contributed by atoms with Crippen LogP contribution in [-0.4, -0.2) is 23.6 Å². The molecule has 1 aliphatic heterocycles. The molecule has 0 N–H and O–H groups in total. The molecule has 0 unspecified atom stereocenters. The van der Waals surface area contributed by atoms with Crippen LogP contribution in [0, 0.1) is 6.92 Å². The Hall–Kier alpha value is -2.10. The third kappa shape index (κ3) is 2.38. The van der Waals surface area contributed by atoms with E-state index in [9.17, 15) is 0 Å². The maximum atomic E-state index is 5.27. The molecule has 1 aliphatic rings. The van der Waals surface area contributed by atoms with Crippen molar-refractivity contribution in [1.82, 2.24) is 9.97 Å². The Kier molecular flexibility index (Phi) is 3.07. The summed E-state index contributed by atoms with van der Waals surface area (Å²) in [6.07, 6.45) is 2.82. The molecule has 19 heavy (non-hydrogen) atoms. The van der Waals surface area contributed by atoms with Crippen LogP contribution in [-0.2, 0) is 13.0 Å². The lowest BCUT2D eigenvalue weighted by atomic mass is 10.00. The number of aromatic nitrogens is 2. The summed E-state index contributed by atoms with van der Waals surface area (Å²) in [6.45, 7) is 3.81. The van der Waals surface area contributed by atoms with Crippen LogP contribution in [0.4, 0.5) is 5.95 Å². The monoisotopic (exact) mass is 255 g/mol. The molecule has 0 spiro atoms. The van der Waals surface area contributed by atoms with E-state index in [-0.39, 0.29) is 0 Å². The van der Waals surface area contributed by atoms with E-state index in [2.05, 4.69) is 27.0 Å². The van der Waals surface area contributed by atoms with Gasteiger partial charge in [0, 0.05) is 25.0 Å². The van der Waals surface area contributed by atoms with Crippen LogP contribution < -0.4 is 9.64 Å². The van der Waals surface area contributed by atoms with Crippen LogP contribution in [0.1, 0.15) is 16.8 Å². The maximum Gasteiger partial charge on any atom is 0.225 e. The van der Waals surface area contributed by atoms with Gasteiger partial charge in [-0.15, -0.1) is 0 Å². The van der Waals surface area contributed by atoms with Gasteiger partial charge in [-0.1, -0.05) is 6.07 Å². The summed E-state index contributed by atoms with van der Waals surface area (Å²) in [7, 11) is 1.71. The molecule has 2 aromatic rings. The van der Waals surface area contributed by atoms with E-state index in [0.29, 0.717) is 0 Å². The molecule has 1 aromatic heterocycles. The van der Waals surface area contributed by atoms with Crippen molar-refractivity contribution in [3.63, 3.8) is 0 Å². The first-order chi connectivity index (χ1) is 9.26. The van der Waals surface area contributed by atoms with E-state index in [1.54, 1.807) is 7.11 Å². The normalized spacial score (nSPS) is 14.1. The smallest absolute Gasteiger partial charge is 0.225 e. The van der Waals surface area contributed by atoms with Crippen LogP contribution in [0.25, 0.3) is 0 Å². The molecule has 0 radical (unpaired) electrons. The Morgan fingerprint density at radius 2 is 2.11 bits per heavy atom. The summed E-state index contributed by atoms with van der Waals surface area (Å²) in [5.74, 6) is 1.75. The topological polar surface area (TPSA) is 38.2 Å². The second kappa shape index (κ2) is 4.88. The minimum Gasteiger partial charge on any atom is -0.497 e. The van der Waals surface area contributed by atoms with E-state index in [1.165, 1.54) is 11.1 Å². The lowest BCUT2D eigenvalue weighted by Crippen LogP contribution is -2.31. The fraction of sp³-hybridized carbons (Fsp3) is 0.333. The Balaban J connectivity index is 1.86. The summed E-state index contributed by atoms with van der Waals surface area (Å²) >= 11 is 0. The highest BCUT2D eigenvalue weighted by Gasteiger charge is 2.18. The molecular formula is C15H17N3O. The third-order valence-corrected chi connectivity index (χ3v) is 3.49. The van der Waals surface area contributed by atoms with Crippen molar-refractivity contribution in [2.45, 2.75) is 19.9 Å². The van der Waals surface area contributed by atoms with Gasteiger partial charge in [0.2, 0.25) is 5.95 Å². The van der Waals surface area contributed by atoms with Crippen molar-refractivity contribution in [2.24, 2.45) is 0 Å². The number of methoxy groups -OCH3 is 1. The fourth-order valence-electron chi connectivity index (χ4n) is 2.42. The Labute approximate surface area is 113 Å². The van der Waals surface area contributed by atoms with Crippen molar-refractivity contribution < 1.29 is 4.74 Å². The molecule has 98 valence electrons. The van der Waals surface area contributed by atoms with Gasteiger partial charge < -0.3 is 9.64 Å². The van der Waals surface area contributed by atoms with Gasteiger partial charge in [-0.05, 0) is 42.7 Å². The molecule has 2 heterocycles. The molecule has 1 aromatic carbocycles. The highest BCUT2D eigenvalue weighted by molar-refractivity contribution is 5.43. The second-order valence-electron chi connectivity index (χ2n) is 4.80. The lowest BCUT2D eigenvalue weighted by molar-refractivity contribution is 0.413. The van der Waals surface area contributed by atoms with Gasteiger partial charge in [0.1, 0.15) is 5.75 Å². The standard InChI is InChI=1S/C15H17N3O/c1-11-5-7-16-15(17-11)18-8-6-12-9-14(19-2)4-3-13(12)10-18/h3-5,7,9H,6,8,10H2,1-2H3. The summed E-state index contributed by atoms with van der Waals surface area (Å²) in [5, 5.41) is 0. The van der Waals surface area contributed by atoms with Crippen molar-refractivity contribution >= 4 is 5.95 Å². The average Bonchev–Trinajstić information content (AvgIpc) is 2.46. The fourth-order valence-corrected chi connectivity index (χ4v) is 2.42. The predicted molar refractivity (Wildman–Crippen MR) is 74.5 cm³/mol. The van der Waals surface area contributed by atoms with Gasteiger partial charge in [0.05, 0.1) is 7.11 Å². The Morgan fingerprint density at radius 3 is 2.89 bits per heavy atom. The molecule has 0 saturated carbocycles. The minimum atomic E-state index is 0.821. The molecule has 4 nitrogen and oxygen atoms in total. The van der Waals surface area contributed by atoms with Crippen molar-refractivity contribution in [3.05, 3.63) is 47.3 Å². The molecule has 0 saturated heterocycles. The number of hydrogen-bond donors (Lipinski definition) is 0. The highest BCUT2D eigenvalue weighted by Crippen LogP contribution is 2.25. The van der Waals surface area contributed by atoms with Crippen LogP contribution in [0.15, 0.2) is 30.5 Å². The van der Waals surface area contributed by atoms with E-state index < -0.39 is 0 Å². The van der Waals surface area contributed by atoms with Crippen LogP contribution in [0.2, 0.25) is 0 Å². The molecular weight excluding hydrogens is 238 g/mol. The van der Waals surface area contributed by atoms with Crippen molar-refractivity contribution in [1.29, 1.82) is 0 Å². The maximum absolute atomic E-state index is 5.27.